The molecule has 0 aliphatic carbocycles. The molecule has 0 saturated heterocycles. The third kappa shape index (κ3) is 3.93. The molecule has 0 radical (unpaired) electrons. The van der Waals surface area contributed by atoms with E-state index in [1.54, 1.807) is 6.26 Å². The molecule has 0 amide bonds. The predicted molar refractivity (Wildman–Crippen MR) is 77.9 cm³/mol. The van der Waals surface area contributed by atoms with Crippen molar-refractivity contribution in [3.8, 4) is 11.5 Å². The summed E-state index contributed by atoms with van der Waals surface area (Å²) in [6, 6.07) is 8.36. The highest BCUT2D eigenvalue weighted by Gasteiger charge is 2.11. The van der Waals surface area contributed by atoms with Gasteiger partial charge in [0.15, 0.2) is 0 Å². The van der Waals surface area contributed by atoms with Crippen LogP contribution < -0.4 is 5.32 Å². The second kappa shape index (κ2) is 5.57. The summed E-state index contributed by atoms with van der Waals surface area (Å²) < 4.78 is 5.54. The van der Waals surface area contributed by atoms with E-state index in [0.29, 0.717) is 5.89 Å². The Hall–Kier alpha value is -1.61. The number of rotatable bonds is 4. The lowest BCUT2D eigenvalue weighted by Crippen LogP contribution is -2.35. The van der Waals surface area contributed by atoms with E-state index in [2.05, 4.69) is 62.3 Å². The van der Waals surface area contributed by atoms with E-state index in [0.717, 1.165) is 24.2 Å². The molecule has 3 heteroatoms. The third-order valence-electron chi connectivity index (χ3n) is 2.96. The van der Waals surface area contributed by atoms with Gasteiger partial charge < -0.3 is 9.73 Å². The molecular formula is C16H22N2O. The average molecular weight is 258 g/mol. The summed E-state index contributed by atoms with van der Waals surface area (Å²) in [6.45, 7) is 9.28. The Morgan fingerprint density at radius 2 is 1.84 bits per heavy atom. The van der Waals surface area contributed by atoms with E-state index in [9.17, 15) is 0 Å². The first kappa shape index (κ1) is 13.8. The fraction of sp³-hybridized carbons (Fsp3) is 0.438. The van der Waals surface area contributed by atoms with Crippen molar-refractivity contribution in [1.82, 2.24) is 10.3 Å². The van der Waals surface area contributed by atoms with Crippen molar-refractivity contribution >= 4 is 0 Å². The summed E-state index contributed by atoms with van der Waals surface area (Å²) in [5, 5.41) is 3.40. The van der Waals surface area contributed by atoms with Gasteiger partial charge in [0, 0.05) is 17.6 Å². The highest BCUT2D eigenvalue weighted by Crippen LogP contribution is 2.19. The molecule has 0 unspecified atom stereocenters. The van der Waals surface area contributed by atoms with Gasteiger partial charge in [0.2, 0.25) is 5.89 Å². The van der Waals surface area contributed by atoms with Gasteiger partial charge in [-0.05, 0) is 44.9 Å². The molecule has 1 heterocycles. The van der Waals surface area contributed by atoms with Crippen LogP contribution in [0, 0.1) is 0 Å². The van der Waals surface area contributed by atoms with Gasteiger partial charge in [-0.3, -0.25) is 0 Å². The fourth-order valence-corrected chi connectivity index (χ4v) is 1.76. The number of benzene rings is 1. The Balaban J connectivity index is 2.07. The molecule has 1 aromatic carbocycles. The lowest BCUT2D eigenvalue weighted by atomic mass is 10.1. The van der Waals surface area contributed by atoms with Crippen molar-refractivity contribution in [3.63, 3.8) is 0 Å². The number of nitrogens with zero attached hydrogens (tertiary/aromatic N) is 1. The first-order chi connectivity index (χ1) is 8.98. The summed E-state index contributed by atoms with van der Waals surface area (Å²) >= 11 is 0. The normalized spacial score (nSPS) is 11.8. The fourth-order valence-electron chi connectivity index (χ4n) is 1.76. The van der Waals surface area contributed by atoms with Crippen LogP contribution in [0.2, 0.25) is 0 Å². The smallest absolute Gasteiger partial charge is 0.226 e. The Kier molecular flexibility index (Phi) is 4.05. The van der Waals surface area contributed by atoms with Crippen molar-refractivity contribution in [1.29, 1.82) is 0 Å². The summed E-state index contributed by atoms with van der Waals surface area (Å²) in [6.07, 6.45) is 2.77. The maximum absolute atomic E-state index is 5.54. The van der Waals surface area contributed by atoms with Crippen LogP contribution in [0.5, 0.6) is 0 Å². The summed E-state index contributed by atoms with van der Waals surface area (Å²) in [7, 11) is 0. The number of hydrogen-bond donors (Lipinski definition) is 1. The molecule has 0 fully saturated rings. The van der Waals surface area contributed by atoms with Gasteiger partial charge in [0.25, 0.3) is 0 Å². The van der Waals surface area contributed by atoms with Crippen molar-refractivity contribution in [2.24, 2.45) is 0 Å². The van der Waals surface area contributed by atoms with Crippen molar-refractivity contribution in [2.75, 3.05) is 0 Å². The van der Waals surface area contributed by atoms with E-state index in [-0.39, 0.29) is 5.54 Å². The van der Waals surface area contributed by atoms with Crippen LogP contribution in [0.3, 0.4) is 0 Å². The number of nitrogens with one attached hydrogen (secondary N) is 1. The van der Waals surface area contributed by atoms with E-state index in [1.165, 1.54) is 5.56 Å². The molecule has 2 rings (SSSR count). The minimum absolute atomic E-state index is 0.0852. The van der Waals surface area contributed by atoms with Gasteiger partial charge in [-0.1, -0.05) is 19.1 Å². The zero-order chi connectivity index (χ0) is 13.9. The lowest BCUT2D eigenvalue weighted by Gasteiger charge is -2.19. The van der Waals surface area contributed by atoms with Gasteiger partial charge in [-0.25, -0.2) is 4.98 Å². The van der Waals surface area contributed by atoms with Crippen LogP contribution in [0.1, 0.15) is 39.0 Å². The first-order valence-corrected chi connectivity index (χ1v) is 6.76. The van der Waals surface area contributed by atoms with Crippen LogP contribution in [0.4, 0.5) is 0 Å². The van der Waals surface area contributed by atoms with Gasteiger partial charge >= 0.3 is 0 Å². The van der Waals surface area contributed by atoms with Gasteiger partial charge in [0.05, 0.1) is 5.69 Å². The molecule has 0 aliphatic rings. The number of hydrogen-bond acceptors (Lipinski definition) is 3. The Morgan fingerprint density at radius 1 is 1.16 bits per heavy atom. The molecule has 0 aliphatic heterocycles. The summed E-state index contributed by atoms with van der Waals surface area (Å²) in [4.78, 5) is 4.51. The van der Waals surface area contributed by atoms with Crippen molar-refractivity contribution in [2.45, 2.75) is 46.2 Å². The molecule has 0 bridgehead atoms. The Labute approximate surface area is 115 Å². The number of aromatic nitrogens is 1. The largest absolute Gasteiger partial charge is 0.444 e. The Bertz CT molecular complexity index is 520. The SMILES string of the molecule is CCc1ccc(-c2nc(CNC(C)(C)C)co2)cc1. The molecule has 102 valence electrons. The molecular weight excluding hydrogens is 236 g/mol. The standard InChI is InChI=1S/C16H22N2O/c1-5-12-6-8-13(9-7-12)15-18-14(11-19-15)10-17-16(2,3)4/h6-9,11,17H,5,10H2,1-4H3. The predicted octanol–water partition coefficient (Wildman–Crippen LogP) is 3.79. The molecule has 2 aromatic rings. The van der Waals surface area contributed by atoms with Gasteiger partial charge in [-0.15, -0.1) is 0 Å². The van der Waals surface area contributed by atoms with Crippen molar-refractivity contribution in [3.05, 3.63) is 41.8 Å². The van der Waals surface area contributed by atoms with Crippen LogP contribution in [0.15, 0.2) is 34.9 Å². The highest BCUT2D eigenvalue weighted by molar-refractivity contribution is 5.53. The Morgan fingerprint density at radius 3 is 2.42 bits per heavy atom. The van der Waals surface area contributed by atoms with Crippen LogP contribution >= 0.6 is 0 Å². The topological polar surface area (TPSA) is 38.1 Å². The molecule has 0 spiro atoms. The zero-order valence-electron chi connectivity index (χ0n) is 12.2. The lowest BCUT2D eigenvalue weighted by molar-refractivity contribution is 0.421. The second-order valence-electron chi connectivity index (χ2n) is 5.80. The minimum atomic E-state index is 0.0852. The van der Waals surface area contributed by atoms with Crippen LogP contribution in [0.25, 0.3) is 11.5 Å². The maximum Gasteiger partial charge on any atom is 0.226 e. The summed E-state index contributed by atoms with van der Waals surface area (Å²) in [5.74, 6) is 0.688. The molecule has 0 atom stereocenters. The number of aryl methyl sites for hydroxylation is 1. The monoisotopic (exact) mass is 258 g/mol. The van der Waals surface area contributed by atoms with Crippen molar-refractivity contribution < 1.29 is 4.42 Å². The summed E-state index contributed by atoms with van der Waals surface area (Å²) in [5.41, 5.74) is 3.37. The van der Waals surface area contributed by atoms with E-state index in [1.807, 2.05) is 0 Å². The molecule has 1 aromatic heterocycles. The van der Waals surface area contributed by atoms with Crippen LogP contribution in [-0.4, -0.2) is 10.5 Å². The van der Waals surface area contributed by atoms with E-state index in [4.69, 9.17) is 4.42 Å². The molecule has 0 saturated carbocycles. The van der Waals surface area contributed by atoms with E-state index >= 15 is 0 Å². The highest BCUT2D eigenvalue weighted by atomic mass is 16.3. The maximum atomic E-state index is 5.54. The first-order valence-electron chi connectivity index (χ1n) is 6.76. The molecule has 1 N–H and O–H groups in total. The zero-order valence-corrected chi connectivity index (χ0v) is 12.2. The third-order valence-corrected chi connectivity index (χ3v) is 2.96. The van der Waals surface area contributed by atoms with E-state index < -0.39 is 0 Å². The second-order valence-corrected chi connectivity index (χ2v) is 5.80. The molecule has 19 heavy (non-hydrogen) atoms. The molecule has 3 nitrogen and oxygen atoms in total. The minimum Gasteiger partial charge on any atom is -0.444 e. The quantitative estimate of drug-likeness (QED) is 0.906. The number of oxazole rings is 1. The van der Waals surface area contributed by atoms with Gasteiger partial charge in [0.1, 0.15) is 6.26 Å². The van der Waals surface area contributed by atoms with Gasteiger partial charge in [-0.2, -0.15) is 0 Å². The van der Waals surface area contributed by atoms with Crippen LogP contribution in [-0.2, 0) is 13.0 Å². The average Bonchev–Trinajstić information content (AvgIpc) is 2.84.